The minimum atomic E-state index is -3.92. The zero-order chi connectivity index (χ0) is 23.4. The maximum Gasteiger partial charge on any atom is 0.219 e. The molecule has 2 aromatic rings. The van der Waals surface area contributed by atoms with Crippen LogP contribution < -0.4 is 0 Å². The second-order valence-corrected chi connectivity index (χ2v) is 12.2. The second kappa shape index (κ2) is 8.45. The number of furan rings is 1. The van der Waals surface area contributed by atoms with Gasteiger partial charge in [-0.3, -0.25) is 4.79 Å². The van der Waals surface area contributed by atoms with Gasteiger partial charge >= 0.3 is 0 Å². The predicted molar refractivity (Wildman–Crippen MR) is 124 cm³/mol. The van der Waals surface area contributed by atoms with Crippen LogP contribution >= 0.6 is 0 Å². The van der Waals surface area contributed by atoms with Crippen LogP contribution in [0.5, 0.6) is 0 Å². The first-order valence-electron chi connectivity index (χ1n) is 11.7. The van der Waals surface area contributed by atoms with Crippen molar-refractivity contribution in [3.63, 3.8) is 0 Å². The van der Waals surface area contributed by atoms with E-state index in [2.05, 4.69) is 39.8 Å². The largest absolute Gasteiger partial charge is 0.449 e. The number of hydrogen-bond acceptors (Lipinski definition) is 5. The lowest BCUT2D eigenvalue weighted by atomic mass is 9.84. The molecule has 0 radical (unpaired) electrons. The first-order chi connectivity index (χ1) is 15.0. The predicted octanol–water partition coefficient (Wildman–Crippen LogP) is 5.35. The molecule has 0 spiro atoms. The van der Waals surface area contributed by atoms with Gasteiger partial charge in [-0.1, -0.05) is 39.8 Å². The van der Waals surface area contributed by atoms with Gasteiger partial charge in [0.2, 0.25) is 14.9 Å². The molecule has 2 bridgehead atoms. The van der Waals surface area contributed by atoms with Crippen molar-refractivity contribution in [2.45, 2.75) is 89.3 Å². The molecular formula is C26H34O5S. The number of carbonyl (C=O) groups is 1. The van der Waals surface area contributed by atoms with Crippen molar-refractivity contribution in [1.29, 1.82) is 0 Å². The molecule has 174 valence electrons. The van der Waals surface area contributed by atoms with Crippen LogP contribution in [0.3, 0.4) is 0 Å². The number of ketones is 1. The molecule has 0 aliphatic heterocycles. The zero-order valence-electron chi connectivity index (χ0n) is 19.6. The Balaban J connectivity index is 1.60. The summed E-state index contributed by atoms with van der Waals surface area (Å²) in [7, 11) is -3.92. The molecule has 1 aromatic carbocycles. The number of aryl methyl sites for hydroxylation is 1. The fourth-order valence-electron chi connectivity index (χ4n) is 5.77. The lowest BCUT2D eigenvalue weighted by Gasteiger charge is -2.23. The highest BCUT2D eigenvalue weighted by Crippen LogP contribution is 2.52. The number of Topliss-reactive ketones (excluding diaryl/α,β-unsaturated/α-hetero) is 1. The van der Waals surface area contributed by atoms with E-state index in [1.165, 1.54) is 6.07 Å². The second-order valence-electron chi connectivity index (χ2n) is 10.2. The van der Waals surface area contributed by atoms with E-state index in [-0.39, 0.29) is 41.0 Å². The zero-order valence-corrected chi connectivity index (χ0v) is 20.5. The van der Waals surface area contributed by atoms with E-state index < -0.39 is 21.7 Å². The van der Waals surface area contributed by atoms with Crippen LogP contribution in [0, 0.1) is 12.8 Å². The van der Waals surface area contributed by atoms with Crippen molar-refractivity contribution in [1.82, 2.24) is 0 Å². The van der Waals surface area contributed by atoms with Gasteiger partial charge in [0, 0.05) is 24.0 Å². The highest BCUT2D eigenvalue weighted by molar-refractivity contribution is 7.92. The van der Waals surface area contributed by atoms with Crippen LogP contribution in [-0.2, 0) is 21.1 Å². The van der Waals surface area contributed by atoms with Crippen LogP contribution in [0.1, 0.15) is 104 Å². The van der Waals surface area contributed by atoms with Crippen LogP contribution in [0.4, 0.5) is 0 Å². The molecule has 1 heterocycles. The minimum absolute atomic E-state index is 0.0929. The number of aliphatic hydroxyl groups is 1. The molecule has 6 heteroatoms. The van der Waals surface area contributed by atoms with Gasteiger partial charge in [-0.15, -0.1) is 0 Å². The normalized spacial score (nSPS) is 22.6. The summed E-state index contributed by atoms with van der Waals surface area (Å²) in [5.74, 6) is 0.492. The molecule has 1 fully saturated rings. The first-order valence-corrected chi connectivity index (χ1v) is 13.3. The molecule has 2 aliphatic carbocycles. The van der Waals surface area contributed by atoms with Gasteiger partial charge in [-0.05, 0) is 66.2 Å². The summed E-state index contributed by atoms with van der Waals surface area (Å²) in [5, 5.41) is 10.4. The fraction of sp³-hybridized carbons (Fsp3) is 0.577. The standard InChI is InChI=1S/C26H34O5S/c1-14(2)20-9-6-16(5)24(15(3)4)21(20)11-19(27)13-32(29,30)23-12-22-25(28)17-7-8-18(10-17)26(22)31-23/h6,9,12,14-15,17-18,25,28H,7-8,10-11,13H2,1-5H3. The summed E-state index contributed by atoms with van der Waals surface area (Å²) in [6.45, 7) is 10.4. The fourth-order valence-corrected chi connectivity index (χ4v) is 6.96. The number of rotatable bonds is 7. The third-order valence-electron chi connectivity index (χ3n) is 7.22. The van der Waals surface area contributed by atoms with Crippen LogP contribution in [0.15, 0.2) is 27.7 Å². The van der Waals surface area contributed by atoms with E-state index in [0.717, 1.165) is 41.5 Å². The maximum absolute atomic E-state index is 13.1. The number of carbonyl (C=O) groups excluding carboxylic acids is 1. The average molecular weight is 459 g/mol. The highest BCUT2D eigenvalue weighted by Gasteiger charge is 2.43. The van der Waals surface area contributed by atoms with E-state index in [9.17, 15) is 18.3 Å². The van der Waals surface area contributed by atoms with Gasteiger partial charge in [0.25, 0.3) is 0 Å². The molecule has 0 amide bonds. The molecule has 1 N–H and O–H groups in total. The molecule has 32 heavy (non-hydrogen) atoms. The molecule has 1 aromatic heterocycles. The number of sulfone groups is 1. The van der Waals surface area contributed by atoms with E-state index in [0.29, 0.717) is 11.3 Å². The average Bonchev–Trinajstić information content (AvgIpc) is 3.32. The first kappa shape index (κ1) is 23.2. The third-order valence-corrected chi connectivity index (χ3v) is 8.74. The molecule has 2 aliphatic rings. The van der Waals surface area contributed by atoms with Gasteiger partial charge in [-0.2, -0.15) is 0 Å². The Morgan fingerprint density at radius 2 is 1.88 bits per heavy atom. The van der Waals surface area contributed by atoms with Crippen molar-refractivity contribution in [2.24, 2.45) is 5.92 Å². The van der Waals surface area contributed by atoms with Gasteiger partial charge in [-0.25, -0.2) is 8.42 Å². The molecule has 4 rings (SSSR count). The molecule has 3 unspecified atom stereocenters. The Morgan fingerprint density at radius 1 is 1.16 bits per heavy atom. The molecular weight excluding hydrogens is 424 g/mol. The van der Waals surface area contributed by atoms with Crippen molar-refractivity contribution in [3.8, 4) is 0 Å². The van der Waals surface area contributed by atoms with Crippen LogP contribution in [0.2, 0.25) is 0 Å². The van der Waals surface area contributed by atoms with E-state index >= 15 is 0 Å². The van der Waals surface area contributed by atoms with E-state index in [1.807, 2.05) is 6.92 Å². The summed E-state index contributed by atoms with van der Waals surface area (Å²) in [5.41, 5.74) is 4.91. The number of aliphatic hydroxyl groups excluding tert-OH is 1. The minimum Gasteiger partial charge on any atom is -0.449 e. The van der Waals surface area contributed by atoms with Crippen molar-refractivity contribution < 1.29 is 22.7 Å². The van der Waals surface area contributed by atoms with Gasteiger partial charge in [0.1, 0.15) is 11.5 Å². The van der Waals surface area contributed by atoms with Gasteiger partial charge in [0.15, 0.2) is 5.78 Å². The van der Waals surface area contributed by atoms with Crippen LogP contribution in [0.25, 0.3) is 0 Å². The topological polar surface area (TPSA) is 84.6 Å². The number of hydrogen-bond donors (Lipinski definition) is 1. The highest BCUT2D eigenvalue weighted by atomic mass is 32.2. The van der Waals surface area contributed by atoms with E-state index in [1.54, 1.807) is 0 Å². The van der Waals surface area contributed by atoms with Gasteiger partial charge < -0.3 is 9.52 Å². The maximum atomic E-state index is 13.1. The lowest BCUT2D eigenvalue weighted by Crippen LogP contribution is -2.20. The Bertz CT molecular complexity index is 1130. The summed E-state index contributed by atoms with van der Waals surface area (Å²) in [4.78, 5) is 13.0. The Morgan fingerprint density at radius 3 is 2.53 bits per heavy atom. The Labute approximate surface area is 191 Å². The summed E-state index contributed by atoms with van der Waals surface area (Å²) >= 11 is 0. The quantitative estimate of drug-likeness (QED) is 0.604. The van der Waals surface area contributed by atoms with Crippen molar-refractivity contribution in [2.75, 3.05) is 5.75 Å². The summed E-state index contributed by atoms with van der Waals surface area (Å²) < 4.78 is 31.9. The summed E-state index contributed by atoms with van der Waals surface area (Å²) in [6.07, 6.45) is 2.09. The summed E-state index contributed by atoms with van der Waals surface area (Å²) in [6, 6.07) is 5.60. The smallest absolute Gasteiger partial charge is 0.219 e. The van der Waals surface area contributed by atoms with Crippen molar-refractivity contribution in [3.05, 3.63) is 51.8 Å². The molecule has 0 saturated heterocycles. The van der Waals surface area contributed by atoms with Crippen LogP contribution in [-0.4, -0.2) is 25.1 Å². The SMILES string of the molecule is Cc1ccc(C(C)C)c(CC(=O)CS(=O)(=O)c2cc3c(o2)C2CCC(C2)C3O)c1C(C)C. The molecule has 1 saturated carbocycles. The monoisotopic (exact) mass is 458 g/mol. The molecule has 5 nitrogen and oxygen atoms in total. The number of fused-ring (bicyclic) bond motifs is 4. The number of benzene rings is 1. The van der Waals surface area contributed by atoms with Crippen molar-refractivity contribution >= 4 is 15.6 Å². The van der Waals surface area contributed by atoms with E-state index in [4.69, 9.17) is 4.42 Å². The Hall–Kier alpha value is -1.92. The van der Waals surface area contributed by atoms with Gasteiger partial charge in [0.05, 0.1) is 6.10 Å². The molecule has 3 atom stereocenters. The Kier molecular flexibility index (Phi) is 6.14. The lowest BCUT2D eigenvalue weighted by molar-refractivity contribution is -0.116. The third kappa shape index (κ3) is 4.08.